The number of hydrogen-bond donors (Lipinski definition) is 0. The van der Waals surface area contributed by atoms with E-state index in [1.807, 2.05) is 6.07 Å². The number of thioether (sulfide) groups is 1. The van der Waals surface area contributed by atoms with Gasteiger partial charge in [-0.2, -0.15) is 0 Å². The number of carbonyl (C=O) groups excluding carboxylic acids is 1. The zero-order valence-electron chi connectivity index (χ0n) is 15.4. The van der Waals surface area contributed by atoms with Crippen molar-refractivity contribution in [3.05, 3.63) is 84.1 Å². The fourth-order valence-electron chi connectivity index (χ4n) is 2.76. The second kappa shape index (κ2) is 9.23. The summed E-state index contributed by atoms with van der Waals surface area (Å²) in [5.74, 6) is 0.731. The Labute approximate surface area is 167 Å². The Kier molecular flexibility index (Phi) is 6.49. The minimum absolute atomic E-state index is 0.0724. The number of carbonyl (C=O) groups is 1. The van der Waals surface area contributed by atoms with Gasteiger partial charge in [0.1, 0.15) is 5.76 Å². The van der Waals surface area contributed by atoms with E-state index in [0.29, 0.717) is 34.9 Å². The van der Waals surface area contributed by atoms with E-state index in [2.05, 4.69) is 18.1 Å². The number of amides is 1. The van der Waals surface area contributed by atoms with Gasteiger partial charge in [-0.1, -0.05) is 36.0 Å². The average molecular weight is 395 g/mol. The lowest BCUT2D eigenvalue weighted by molar-refractivity contribution is -0.127. The van der Waals surface area contributed by atoms with Crippen LogP contribution in [0, 0.1) is 0 Å². The number of benzene rings is 1. The van der Waals surface area contributed by atoms with Gasteiger partial charge >= 0.3 is 0 Å². The Morgan fingerprint density at radius 1 is 1.18 bits per heavy atom. The molecule has 0 atom stereocenters. The first-order valence-corrected chi connectivity index (χ1v) is 9.77. The molecule has 0 aliphatic carbocycles. The smallest absolute Gasteiger partial charge is 0.262 e. The predicted octanol–water partition coefficient (Wildman–Crippen LogP) is 3.33. The second-order valence-corrected chi connectivity index (χ2v) is 6.99. The van der Waals surface area contributed by atoms with E-state index in [4.69, 9.17) is 4.42 Å². The first kappa shape index (κ1) is 19.7. The number of hydrogen-bond acceptors (Lipinski definition) is 5. The van der Waals surface area contributed by atoms with Crippen molar-refractivity contribution >= 4 is 28.6 Å². The molecule has 1 amide bonds. The summed E-state index contributed by atoms with van der Waals surface area (Å²) in [6, 6.07) is 10.8. The summed E-state index contributed by atoms with van der Waals surface area (Å²) >= 11 is 1.24. The standard InChI is InChI=1S/C21H21N3O3S/c1-3-11-23(12-4-2)19(25)15-28-21-22-18-10-6-5-9-17(18)20(26)24(21)14-16-8-7-13-27-16/h3-10,13H,1-2,11-12,14-15H2. The molecular weight excluding hydrogens is 374 g/mol. The first-order chi connectivity index (χ1) is 13.6. The van der Waals surface area contributed by atoms with Crippen molar-refractivity contribution in [1.29, 1.82) is 0 Å². The minimum Gasteiger partial charge on any atom is -0.467 e. The van der Waals surface area contributed by atoms with Crippen LogP contribution in [0.25, 0.3) is 10.9 Å². The summed E-state index contributed by atoms with van der Waals surface area (Å²) in [6.45, 7) is 8.50. The van der Waals surface area contributed by atoms with E-state index in [0.717, 1.165) is 0 Å². The van der Waals surface area contributed by atoms with E-state index in [9.17, 15) is 9.59 Å². The highest BCUT2D eigenvalue weighted by Gasteiger charge is 2.16. The molecule has 0 bridgehead atoms. The zero-order valence-corrected chi connectivity index (χ0v) is 16.2. The predicted molar refractivity (Wildman–Crippen MR) is 112 cm³/mol. The van der Waals surface area contributed by atoms with Gasteiger partial charge in [-0.05, 0) is 24.3 Å². The molecule has 7 heteroatoms. The van der Waals surface area contributed by atoms with Crippen LogP contribution in [0.15, 0.2) is 82.3 Å². The van der Waals surface area contributed by atoms with Crippen molar-refractivity contribution < 1.29 is 9.21 Å². The Morgan fingerprint density at radius 2 is 1.93 bits per heavy atom. The lowest BCUT2D eigenvalue weighted by Gasteiger charge is -2.19. The van der Waals surface area contributed by atoms with Gasteiger partial charge in [0, 0.05) is 13.1 Å². The number of aromatic nitrogens is 2. The molecule has 0 fully saturated rings. The molecule has 2 aromatic heterocycles. The van der Waals surface area contributed by atoms with Crippen molar-refractivity contribution in [1.82, 2.24) is 14.5 Å². The molecule has 1 aromatic carbocycles. The van der Waals surface area contributed by atoms with Crippen LogP contribution in [0.2, 0.25) is 0 Å². The van der Waals surface area contributed by atoms with Crippen molar-refractivity contribution in [3.8, 4) is 0 Å². The van der Waals surface area contributed by atoms with Crippen LogP contribution in [-0.2, 0) is 11.3 Å². The fraction of sp³-hybridized carbons (Fsp3) is 0.190. The molecule has 0 unspecified atom stereocenters. The zero-order chi connectivity index (χ0) is 19.9. The summed E-state index contributed by atoms with van der Waals surface area (Å²) in [4.78, 5) is 31.8. The highest BCUT2D eigenvalue weighted by Crippen LogP contribution is 2.19. The van der Waals surface area contributed by atoms with E-state index >= 15 is 0 Å². The van der Waals surface area contributed by atoms with Crippen LogP contribution < -0.4 is 5.56 Å². The number of nitrogens with zero attached hydrogens (tertiary/aromatic N) is 3. The molecule has 3 aromatic rings. The van der Waals surface area contributed by atoms with Crippen LogP contribution in [0.4, 0.5) is 0 Å². The van der Waals surface area contributed by atoms with Crippen LogP contribution in [0.5, 0.6) is 0 Å². The Bertz CT molecular complexity index is 1030. The van der Waals surface area contributed by atoms with Crippen molar-refractivity contribution in [2.75, 3.05) is 18.8 Å². The Balaban J connectivity index is 1.92. The van der Waals surface area contributed by atoms with Gasteiger partial charge < -0.3 is 9.32 Å². The van der Waals surface area contributed by atoms with Crippen LogP contribution in [0.1, 0.15) is 5.76 Å². The third-order valence-corrected chi connectivity index (χ3v) is 5.06. The normalized spacial score (nSPS) is 10.7. The molecular formula is C21H21N3O3S. The molecule has 0 aliphatic rings. The molecule has 0 aliphatic heterocycles. The van der Waals surface area contributed by atoms with Gasteiger partial charge in [-0.15, -0.1) is 13.2 Å². The summed E-state index contributed by atoms with van der Waals surface area (Å²) in [5, 5.41) is 1.01. The van der Waals surface area contributed by atoms with Crippen molar-refractivity contribution in [3.63, 3.8) is 0 Å². The molecule has 3 rings (SSSR count). The quantitative estimate of drug-likeness (QED) is 0.316. The molecule has 0 spiro atoms. The van der Waals surface area contributed by atoms with E-state index < -0.39 is 0 Å². The van der Waals surface area contributed by atoms with Gasteiger partial charge in [0.2, 0.25) is 5.91 Å². The SMILES string of the molecule is C=CCN(CC=C)C(=O)CSc1nc2ccccc2c(=O)n1Cc1ccco1. The molecule has 0 saturated heterocycles. The van der Waals surface area contributed by atoms with Gasteiger partial charge in [0.05, 0.1) is 29.5 Å². The number of rotatable bonds is 9. The number of para-hydroxylation sites is 1. The lowest BCUT2D eigenvalue weighted by Crippen LogP contribution is -2.33. The Morgan fingerprint density at radius 3 is 2.61 bits per heavy atom. The minimum atomic E-state index is -0.161. The monoisotopic (exact) mass is 395 g/mol. The van der Waals surface area contributed by atoms with E-state index in [-0.39, 0.29) is 23.8 Å². The van der Waals surface area contributed by atoms with Crippen molar-refractivity contribution in [2.45, 2.75) is 11.7 Å². The molecule has 144 valence electrons. The third-order valence-electron chi connectivity index (χ3n) is 4.10. The molecule has 0 N–H and O–H groups in total. The average Bonchev–Trinajstić information content (AvgIpc) is 3.21. The third kappa shape index (κ3) is 4.43. The molecule has 28 heavy (non-hydrogen) atoms. The van der Waals surface area contributed by atoms with Gasteiger partial charge in [0.25, 0.3) is 5.56 Å². The molecule has 0 saturated carbocycles. The van der Waals surface area contributed by atoms with Crippen LogP contribution in [0.3, 0.4) is 0 Å². The van der Waals surface area contributed by atoms with Crippen LogP contribution >= 0.6 is 11.8 Å². The highest BCUT2D eigenvalue weighted by atomic mass is 32.2. The maximum absolute atomic E-state index is 13.0. The second-order valence-electron chi connectivity index (χ2n) is 6.05. The summed E-state index contributed by atoms with van der Waals surface area (Å²) in [5.41, 5.74) is 0.443. The maximum Gasteiger partial charge on any atom is 0.262 e. The van der Waals surface area contributed by atoms with Gasteiger partial charge in [0.15, 0.2) is 5.16 Å². The maximum atomic E-state index is 13.0. The van der Waals surface area contributed by atoms with Gasteiger partial charge in [-0.3, -0.25) is 14.2 Å². The molecule has 0 radical (unpaired) electrons. The fourth-order valence-corrected chi connectivity index (χ4v) is 3.66. The topological polar surface area (TPSA) is 68.3 Å². The molecule has 6 nitrogen and oxygen atoms in total. The number of fused-ring (bicyclic) bond motifs is 1. The first-order valence-electron chi connectivity index (χ1n) is 8.78. The largest absolute Gasteiger partial charge is 0.467 e. The van der Waals surface area contributed by atoms with Gasteiger partial charge in [-0.25, -0.2) is 4.98 Å². The van der Waals surface area contributed by atoms with Crippen LogP contribution in [-0.4, -0.2) is 39.2 Å². The van der Waals surface area contributed by atoms with E-state index in [1.54, 1.807) is 58.2 Å². The van der Waals surface area contributed by atoms with E-state index in [1.165, 1.54) is 11.8 Å². The summed E-state index contributed by atoms with van der Waals surface area (Å²) < 4.78 is 6.94. The number of furan rings is 1. The highest BCUT2D eigenvalue weighted by molar-refractivity contribution is 7.99. The summed E-state index contributed by atoms with van der Waals surface area (Å²) in [6.07, 6.45) is 4.91. The van der Waals surface area contributed by atoms with Crippen molar-refractivity contribution in [2.24, 2.45) is 0 Å². The molecule has 2 heterocycles. The lowest BCUT2D eigenvalue weighted by atomic mass is 10.2. The summed E-state index contributed by atoms with van der Waals surface area (Å²) in [7, 11) is 0. The Hall–Kier alpha value is -3.06.